The SMILES string of the molecule is CCC(C)NC(=O)CC(=O)NCCN(C)C. The van der Waals surface area contributed by atoms with Gasteiger partial charge in [0, 0.05) is 19.1 Å². The van der Waals surface area contributed by atoms with Crippen molar-refractivity contribution < 1.29 is 9.59 Å². The maximum Gasteiger partial charge on any atom is 0.229 e. The lowest BCUT2D eigenvalue weighted by atomic mass is 10.2. The Kier molecular flexibility index (Phi) is 7.54. The molecular formula is C11H23N3O2. The van der Waals surface area contributed by atoms with Gasteiger partial charge in [-0.05, 0) is 27.4 Å². The molecule has 1 unspecified atom stereocenters. The highest BCUT2D eigenvalue weighted by Gasteiger charge is 2.10. The van der Waals surface area contributed by atoms with Gasteiger partial charge in [0.1, 0.15) is 6.42 Å². The minimum absolute atomic E-state index is 0.0855. The van der Waals surface area contributed by atoms with Crippen molar-refractivity contribution in [1.29, 1.82) is 0 Å². The van der Waals surface area contributed by atoms with Crippen molar-refractivity contribution in [2.75, 3.05) is 27.2 Å². The maximum absolute atomic E-state index is 11.3. The van der Waals surface area contributed by atoms with Crippen molar-refractivity contribution >= 4 is 11.8 Å². The predicted octanol–water partition coefficient (Wildman–Crippen LogP) is -0.0310. The molecule has 2 amide bonds. The molecule has 0 aliphatic rings. The fraction of sp³-hybridized carbons (Fsp3) is 0.818. The number of hydrogen-bond donors (Lipinski definition) is 2. The molecule has 5 nitrogen and oxygen atoms in total. The number of nitrogens with zero attached hydrogens (tertiary/aromatic N) is 1. The first kappa shape index (κ1) is 14.9. The third-order valence-corrected chi connectivity index (χ3v) is 2.22. The van der Waals surface area contributed by atoms with E-state index in [2.05, 4.69) is 10.6 Å². The van der Waals surface area contributed by atoms with Crippen molar-refractivity contribution in [2.45, 2.75) is 32.7 Å². The number of nitrogens with one attached hydrogen (secondary N) is 2. The minimum Gasteiger partial charge on any atom is -0.354 e. The van der Waals surface area contributed by atoms with Crippen LogP contribution in [-0.2, 0) is 9.59 Å². The van der Waals surface area contributed by atoms with Crippen molar-refractivity contribution in [3.8, 4) is 0 Å². The smallest absolute Gasteiger partial charge is 0.229 e. The first-order valence-corrected chi connectivity index (χ1v) is 5.66. The summed E-state index contributed by atoms with van der Waals surface area (Å²) < 4.78 is 0. The first-order chi connectivity index (χ1) is 7.45. The summed E-state index contributed by atoms with van der Waals surface area (Å²) in [4.78, 5) is 24.6. The van der Waals surface area contributed by atoms with Gasteiger partial charge in [0.15, 0.2) is 0 Å². The van der Waals surface area contributed by atoms with Crippen LogP contribution in [0.3, 0.4) is 0 Å². The van der Waals surface area contributed by atoms with E-state index in [4.69, 9.17) is 0 Å². The van der Waals surface area contributed by atoms with Gasteiger partial charge in [0.05, 0.1) is 0 Å². The molecular weight excluding hydrogens is 206 g/mol. The van der Waals surface area contributed by atoms with Crippen LogP contribution >= 0.6 is 0 Å². The molecule has 0 spiro atoms. The highest BCUT2D eigenvalue weighted by atomic mass is 16.2. The predicted molar refractivity (Wildman–Crippen MR) is 64.1 cm³/mol. The zero-order valence-corrected chi connectivity index (χ0v) is 10.7. The van der Waals surface area contributed by atoms with Gasteiger partial charge in [-0.2, -0.15) is 0 Å². The molecule has 0 heterocycles. The third-order valence-electron chi connectivity index (χ3n) is 2.22. The van der Waals surface area contributed by atoms with E-state index in [0.29, 0.717) is 6.54 Å². The van der Waals surface area contributed by atoms with Gasteiger partial charge in [0.2, 0.25) is 11.8 Å². The molecule has 16 heavy (non-hydrogen) atoms. The van der Waals surface area contributed by atoms with E-state index < -0.39 is 0 Å². The van der Waals surface area contributed by atoms with Crippen LogP contribution in [0.2, 0.25) is 0 Å². The molecule has 0 aromatic rings. The van der Waals surface area contributed by atoms with Crippen LogP contribution in [0.15, 0.2) is 0 Å². The fourth-order valence-corrected chi connectivity index (χ4v) is 1.06. The molecule has 0 aromatic heterocycles. The summed E-state index contributed by atoms with van der Waals surface area (Å²) in [7, 11) is 3.86. The second-order valence-electron chi connectivity index (χ2n) is 4.21. The van der Waals surface area contributed by atoms with E-state index in [-0.39, 0.29) is 24.3 Å². The van der Waals surface area contributed by atoms with E-state index in [1.165, 1.54) is 0 Å². The zero-order valence-electron chi connectivity index (χ0n) is 10.7. The lowest BCUT2D eigenvalue weighted by molar-refractivity contribution is -0.129. The number of carbonyl (C=O) groups excluding carboxylic acids is 2. The molecule has 0 aliphatic carbocycles. The summed E-state index contributed by atoms with van der Waals surface area (Å²) in [5.74, 6) is -0.431. The Balaban J connectivity index is 3.66. The van der Waals surface area contributed by atoms with Gasteiger partial charge in [-0.1, -0.05) is 6.92 Å². The number of hydrogen-bond acceptors (Lipinski definition) is 3. The Morgan fingerprint density at radius 3 is 2.38 bits per heavy atom. The van der Waals surface area contributed by atoms with Crippen LogP contribution in [0.1, 0.15) is 26.7 Å². The average Bonchev–Trinajstić information content (AvgIpc) is 2.16. The van der Waals surface area contributed by atoms with Crippen molar-refractivity contribution in [1.82, 2.24) is 15.5 Å². The van der Waals surface area contributed by atoms with Gasteiger partial charge in [0.25, 0.3) is 0 Å². The lowest BCUT2D eigenvalue weighted by Crippen LogP contribution is -2.38. The molecule has 0 fully saturated rings. The lowest BCUT2D eigenvalue weighted by Gasteiger charge is -2.12. The summed E-state index contributed by atoms with van der Waals surface area (Å²) in [6.07, 6.45) is 0.783. The Hall–Kier alpha value is -1.10. The summed E-state index contributed by atoms with van der Waals surface area (Å²) in [6, 6.07) is 0.127. The third kappa shape index (κ3) is 8.23. The van der Waals surface area contributed by atoms with Gasteiger partial charge in [-0.25, -0.2) is 0 Å². The van der Waals surface area contributed by atoms with Gasteiger partial charge in [-0.3, -0.25) is 9.59 Å². The molecule has 0 saturated heterocycles. The second kappa shape index (κ2) is 8.10. The topological polar surface area (TPSA) is 61.4 Å². The zero-order chi connectivity index (χ0) is 12.6. The van der Waals surface area contributed by atoms with Crippen LogP contribution in [0, 0.1) is 0 Å². The summed E-state index contributed by atoms with van der Waals surface area (Å²) in [6.45, 7) is 5.26. The quantitative estimate of drug-likeness (QED) is 0.603. The molecule has 0 bridgehead atoms. The Bertz CT molecular complexity index is 229. The number of likely N-dealkylation sites (N-methyl/N-ethyl adjacent to an activating group) is 1. The van der Waals surface area contributed by atoms with Crippen LogP contribution in [0.5, 0.6) is 0 Å². The van der Waals surface area contributed by atoms with Gasteiger partial charge < -0.3 is 15.5 Å². The molecule has 0 aliphatic heterocycles. The Morgan fingerprint density at radius 1 is 1.25 bits per heavy atom. The molecule has 1 atom stereocenters. The van der Waals surface area contributed by atoms with Gasteiger partial charge in [-0.15, -0.1) is 0 Å². The standard InChI is InChI=1S/C11H23N3O2/c1-5-9(2)13-11(16)8-10(15)12-6-7-14(3)4/h9H,5-8H2,1-4H3,(H,12,15)(H,13,16). The normalized spacial score (nSPS) is 12.3. The molecule has 5 heteroatoms. The van der Waals surface area contributed by atoms with E-state index in [1.54, 1.807) is 0 Å². The Morgan fingerprint density at radius 2 is 1.88 bits per heavy atom. The second-order valence-corrected chi connectivity index (χ2v) is 4.21. The number of amides is 2. The molecule has 0 saturated carbocycles. The molecule has 0 rings (SSSR count). The van der Waals surface area contributed by atoms with Crippen LogP contribution in [0.25, 0.3) is 0 Å². The first-order valence-electron chi connectivity index (χ1n) is 5.66. The summed E-state index contributed by atoms with van der Waals surface area (Å²) >= 11 is 0. The largest absolute Gasteiger partial charge is 0.354 e. The highest BCUT2D eigenvalue weighted by Crippen LogP contribution is 1.89. The molecule has 94 valence electrons. The number of carbonyl (C=O) groups is 2. The fourth-order valence-electron chi connectivity index (χ4n) is 1.06. The Labute approximate surface area is 97.6 Å². The monoisotopic (exact) mass is 229 g/mol. The van der Waals surface area contributed by atoms with Crippen molar-refractivity contribution in [2.24, 2.45) is 0 Å². The summed E-state index contributed by atoms with van der Waals surface area (Å²) in [5.41, 5.74) is 0. The maximum atomic E-state index is 11.3. The number of rotatable bonds is 7. The van der Waals surface area contributed by atoms with E-state index >= 15 is 0 Å². The van der Waals surface area contributed by atoms with Crippen LogP contribution in [-0.4, -0.2) is 49.9 Å². The van der Waals surface area contributed by atoms with Crippen molar-refractivity contribution in [3.05, 3.63) is 0 Å². The van der Waals surface area contributed by atoms with E-state index in [9.17, 15) is 9.59 Å². The van der Waals surface area contributed by atoms with Crippen LogP contribution in [0.4, 0.5) is 0 Å². The molecule has 2 N–H and O–H groups in total. The minimum atomic E-state index is -0.220. The molecule has 0 aromatic carbocycles. The van der Waals surface area contributed by atoms with E-state index in [1.807, 2.05) is 32.8 Å². The summed E-state index contributed by atoms with van der Waals surface area (Å²) in [5, 5.41) is 5.44. The average molecular weight is 229 g/mol. The molecule has 0 radical (unpaired) electrons. The van der Waals surface area contributed by atoms with E-state index in [0.717, 1.165) is 13.0 Å². The highest BCUT2D eigenvalue weighted by molar-refractivity contribution is 5.96. The van der Waals surface area contributed by atoms with Gasteiger partial charge >= 0.3 is 0 Å². The van der Waals surface area contributed by atoms with Crippen molar-refractivity contribution in [3.63, 3.8) is 0 Å². The van der Waals surface area contributed by atoms with Crippen LogP contribution < -0.4 is 10.6 Å².